The third-order valence-electron chi connectivity index (χ3n) is 6.97. The Labute approximate surface area is 242 Å². The molecule has 3 aromatic rings. The summed E-state index contributed by atoms with van der Waals surface area (Å²) in [6.45, 7) is 1.77. The van der Waals surface area contributed by atoms with E-state index in [1.165, 1.54) is 24.3 Å². The molecule has 0 saturated carbocycles. The number of carbonyl (C=O) groups is 1. The van der Waals surface area contributed by atoms with Crippen molar-refractivity contribution in [1.82, 2.24) is 5.32 Å². The summed E-state index contributed by atoms with van der Waals surface area (Å²) in [7, 11) is -3.30. The molecule has 0 aromatic heterocycles. The molecule has 0 bridgehead atoms. The number of ether oxygens (including phenoxy) is 2. The summed E-state index contributed by atoms with van der Waals surface area (Å²) in [6, 6.07) is 17.6. The third-order valence-corrected chi connectivity index (χ3v) is 8.72. The van der Waals surface area contributed by atoms with Crippen LogP contribution in [-0.2, 0) is 27.3 Å². The number of nitrogens with zero attached hydrogens (tertiary/aromatic N) is 1. The van der Waals surface area contributed by atoms with E-state index >= 15 is 0 Å². The summed E-state index contributed by atoms with van der Waals surface area (Å²) in [5.41, 5.74) is 1.20. The van der Waals surface area contributed by atoms with Gasteiger partial charge in [-0.1, -0.05) is 19.1 Å². The summed E-state index contributed by atoms with van der Waals surface area (Å²) < 4.78 is 86.7. The van der Waals surface area contributed by atoms with Crippen LogP contribution in [0.4, 0.5) is 23.2 Å². The van der Waals surface area contributed by atoms with E-state index in [-0.39, 0.29) is 48.5 Å². The highest BCUT2D eigenvalue weighted by atomic mass is 32.2. The standard InChI is InChI=1S/C30H32F4N2O5S/c1-2-42(38,39)28-13-3-21(4-14-28)18-35-29(37)22-5-9-24(10-6-22)36-19-27(17-25(36)20-40-16-15-31)41-26-11-7-23(8-12-26)30(32,33)34/h3-14,25,27H,2,15-20H2,1H3,(H,35,37)/t25-,27+/m0/s1. The highest BCUT2D eigenvalue weighted by Gasteiger charge is 2.34. The highest BCUT2D eigenvalue weighted by molar-refractivity contribution is 7.91. The number of halogens is 4. The van der Waals surface area contributed by atoms with Crippen LogP contribution in [0.25, 0.3) is 0 Å². The molecular formula is C30H32F4N2O5S. The number of rotatable bonds is 12. The zero-order valence-corrected chi connectivity index (χ0v) is 23.8. The smallest absolute Gasteiger partial charge is 0.416 e. The first-order valence-corrected chi connectivity index (χ1v) is 15.1. The fourth-order valence-electron chi connectivity index (χ4n) is 4.69. The molecule has 1 aliphatic rings. The topological polar surface area (TPSA) is 84.9 Å². The second-order valence-electron chi connectivity index (χ2n) is 9.84. The Morgan fingerprint density at radius 2 is 1.67 bits per heavy atom. The van der Waals surface area contributed by atoms with Gasteiger partial charge in [-0.05, 0) is 66.2 Å². The Kier molecular flexibility index (Phi) is 10.1. The van der Waals surface area contributed by atoms with Gasteiger partial charge >= 0.3 is 6.18 Å². The molecule has 3 aromatic carbocycles. The molecule has 12 heteroatoms. The molecule has 1 aliphatic heterocycles. The van der Waals surface area contributed by atoms with E-state index in [0.29, 0.717) is 24.3 Å². The maximum absolute atomic E-state index is 12.9. The van der Waals surface area contributed by atoms with Gasteiger partial charge in [0.15, 0.2) is 9.84 Å². The van der Waals surface area contributed by atoms with Crippen LogP contribution in [0.3, 0.4) is 0 Å². The first-order valence-electron chi connectivity index (χ1n) is 13.4. The van der Waals surface area contributed by atoms with Crippen molar-refractivity contribution >= 4 is 21.4 Å². The molecule has 0 aliphatic carbocycles. The van der Waals surface area contributed by atoms with Gasteiger partial charge in [-0.2, -0.15) is 13.2 Å². The molecule has 42 heavy (non-hydrogen) atoms. The van der Waals surface area contributed by atoms with E-state index in [9.17, 15) is 30.8 Å². The number of nitrogens with one attached hydrogen (secondary N) is 1. The van der Waals surface area contributed by atoms with E-state index in [1.54, 1.807) is 43.3 Å². The molecule has 1 heterocycles. The average Bonchev–Trinajstić information content (AvgIpc) is 3.38. The predicted molar refractivity (Wildman–Crippen MR) is 150 cm³/mol. The SMILES string of the molecule is CCS(=O)(=O)c1ccc(CNC(=O)c2ccc(N3C[C@H](Oc4ccc(C(F)(F)F)cc4)C[C@H]3COCCF)cc2)cc1. The Morgan fingerprint density at radius 3 is 2.26 bits per heavy atom. The summed E-state index contributed by atoms with van der Waals surface area (Å²) >= 11 is 0. The van der Waals surface area contributed by atoms with E-state index in [0.717, 1.165) is 23.4 Å². The van der Waals surface area contributed by atoms with Crippen molar-refractivity contribution in [1.29, 1.82) is 0 Å². The maximum atomic E-state index is 12.9. The van der Waals surface area contributed by atoms with Crippen molar-refractivity contribution in [3.8, 4) is 5.75 Å². The lowest BCUT2D eigenvalue weighted by atomic mass is 10.1. The molecule has 7 nitrogen and oxygen atoms in total. The van der Waals surface area contributed by atoms with E-state index in [1.807, 2.05) is 4.90 Å². The van der Waals surface area contributed by atoms with Crippen molar-refractivity contribution in [2.45, 2.75) is 43.1 Å². The van der Waals surface area contributed by atoms with Gasteiger partial charge in [0.05, 0.1) is 42.0 Å². The first-order chi connectivity index (χ1) is 20.0. The van der Waals surface area contributed by atoms with Crippen LogP contribution < -0.4 is 15.0 Å². The van der Waals surface area contributed by atoms with Gasteiger partial charge in [-0.25, -0.2) is 12.8 Å². The molecular weight excluding hydrogens is 576 g/mol. The molecule has 2 atom stereocenters. The van der Waals surface area contributed by atoms with Crippen molar-refractivity contribution < 1.29 is 40.2 Å². The van der Waals surface area contributed by atoms with Crippen LogP contribution in [0, 0.1) is 0 Å². The largest absolute Gasteiger partial charge is 0.489 e. The van der Waals surface area contributed by atoms with Crippen LogP contribution in [0.5, 0.6) is 5.75 Å². The summed E-state index contributed by atoms with van der Waals surface area (Å²) in [6.07, 6.45) is -4.27. The highest BCUT2D eigenvalue weighted by Crippen LogP contribution is 2.32. The van der Waals surface area contributed by atoms with Gasteiger partial charge < -0.3 is 19.7 Å². The number of sulfone groups is 1. The minimum atomic E-state index is -4.43. The lowest BCUT2D eigenvalue weighted by Gasteiger charge is -2.26. The van der Waals surface area contributed by atoms with Crippen LogP contribution in [-0.4, -0.2) is 58.7 Å². The molecule has 1 saturated heterocycles. The van der Waals surface area contributed by atoms with Gasteiger partial charge in [0, 0.05) is 24.2 Å². The predicted octanol–water partition coefficient (Wildman–Crippen LogP) is 5.44. The fourth-order valence-corrected chi connectivity index (χ4v) is 5.58. The Bertz CT molecular complexity index is 1430. The zero-order valence-electron chi connectivity index (χ0n) is 22.9. The van der Waals surface area contributed by atoms with Gasteiger partial charge in [-0.15, -0.1) is 0 Å². The van der Waals surface area contributed by atoms with E-state index in [2.05, 4.69) is 5.32 Å². The Hall–Kier alpha value is -3.64. The number of hydrogen-bond acceptors (Lipinski definition) is 6. The molecule has 1 N–H and O–H groups in total. The van der Waals surface area contributed by atoms with Crippen LogP contribution in [0.15, 0.2) is 77.7 Å². The number of hydrogen-bond donors (Lipinski definition) is 1. The molecule has 0 unspecified atom stereocenters. The Balaban J connectivity index is 1.38. The second-order valence-corrected chi connectivity index (χ2v) is 12.1. The van der Waals surface area contributed by atoms with Gasteiger partial charge in [0.2, 0.25) is 0 Å². The second kappa shape index (κ2) is 13.6. The molecule has 4 rings (SSSR count). The van der Waals surface area contributed by atoms with Crippen LogP contribution in [0.1, 0.15) is 34.8 Å². The minimum absolute atomic E-state index is 0.00866. The number of benzene rings is 3. The van der Waals surface area contributed by atoms with Gasteiger partial charge in [-0.3, -0.25) is 4.79 Å². The molecule has 0 spiro atoms. The minimum Gasteiger partial charge on any atom is -0.489 e. The molecule has 0 radical (unpaired) electrons. The number of alkyl halides is 4. The lowest BCUT2D eigenvalue weighted by Crippen LogP contribution is -2.33. The van der Waals surface area contributed by atoms with E-state index < -0.39 is 28.3 Å². The number of anilines is 1. The van der Waals surface area contributed by atoms with Crippen molar-refractivity contribution in [3.63, 3.8) is 0 Å². The van der Waals surface area contributed by atoms with Crippen molar-refractivity contribution in [2.75, 3.05) is 37.1 Å². The number of amides is 1. The normalized spacial score (nSPS) is 17.3. The quantitative estimate of drug-likeness (QED) is 0.218. The zero-order chi connectivity index (χ0) is 30.3. The summed E-state index contributed by atoms with van der Waals surface area (Å²) in [5, 5.41) is 2.82. The molecule has 1 amide bonds. The van der Waals surface area contributed by atoms with Crippen LogP contribution >= 0.6 is 0 Å². The number of carbonyl (C=O) groups excluding carboxylic acids is 1. The lowest BCUT2D eigenvalue weighted by molar-refractivity contribution is -0.137. The molecule has 226 valence electrons. The van der Waals surface area contributed by atoms with Gasteiger partial charge in [0.25, 0.3) is 5.91 Å². The third kappa shape index (κ3) is 8.01. The Morgan fingerprint density at radius 1 is 1.00 bits per heavy atom. The van der Waals surface area contributed by atoms with Crippen LogP contribution in [0.2, 0.25) is 0 Å². The average molecular weight is 609 g/mol. The van der Waals surface area contributed by atoms with Crippen molar-refractivity contribution in [2.24, 2.45) is 0 Å². The summed E-state index contributed by atoms with van der Waals surface area (Å²) in [5.74, 6) is 0.0147. The first kappa shape index (κ1) is 31.3. The summed E-state index contributed by atoms with van der Waals surface area (Å²) in [4.78, 5) is 15.0. The fraction of sp³-hybridized carbons (Fsp3) is 0.367. The maximum Gasteiger partial charge on any atom is 0.416 e. The van der Waals surface area contributed by atoms with Crippen molar-refractivity contribution in [3.05, 3.63) is 89.5 Å². The monoisotopic (exact) mass is 608 g/mol. The van der Waals surface area contributed by atoms with Gasteiger partial charge in [0.1, 0.15) is 18.5 Å². The van der Waals surface area contributed by atoms with E-state index in [4.69, 9.17) is 9.47 Å². The molecule has 1 fully saturated rings.